The number of benzene rings is 1. The zero-order valence-corrected chi connectivity index (χ0v) is 13.2. The molecule has 1 aliphatic rings. The fourth-order valence-electron chi connectivity index (χ4n) is 2.02. The van der Waals surface area contributed by atoms with Crippen LogP contribution in [0.5, 0.6) is 0 Å². The fraction of sp³-hybridized carbons (Fsp3) is 0.0667. The number of imide groups is 1. The van der Waals surface area contributed by atoms with E-state index in [0.717, 1.165) is 18.2 Å². The summed E-state index contributed by atoms with van der Waals surface area (Å²) in [5, 5.41) is 1.68. The third-order valence-corrected chi connectivity index (χ3v) is 4.24. The highest BCUT2D eigenvalue weighted by Crippen LogP contribution is 2.37. The topological polar surface area (TPSA) is 59.3 Å². The molecule has 0 spiro atoms. The third kappa shape index (κ3) is 3.34. The van der Waals surface area contributed by atoms with E-state index in [4.69, 9.17) is 16.0 Å². The van der Waals surface area contributed by atoms with Crippen LogP contribution in [0.4, 0.5) is 18.0 Å². The Morgan fingerprint density at radius 2 is 1.92 bits per heavy atom. The Bertz CT molecular complexity index is 873. The summed E-state index contributed by atoms with van der Waals surface area (Å²) in [5.41, 5.74) is -0.773. The average Bonchev–Trinajstić information content (AvgIpc) is 3.05. The second kappa shape index (κ2) is 6.03. The van der Waals surface area contributed by atoms with Crippen molar-refractivity contribution in [3.63, 3.8) is 0 Å². The van der Waals surface area contributed by atoms with E-state index in [-0.39, 0.29) is 27.0 Å². The minimum Gasteiger partial charge on any atom is -0.457 e. The maximum Gasteiger partial charge on any atom is 0.416 e. The van der Waals surface area contributed by atoms with Gasteiger partial charge in [0.2, 0.25) is 0 Å². The Balaban J connectivity index is 1.95. The molecule has 9 heteroatoms. The summed E-state index contributed by atoms with van der Waals surface area (Å²) in [6.45, 7) is 0. The van der Waals surface area contributed by atoms with Gasteiger partial charge in [-0.05, 0) is 42.1 Å². The van der Waals surface area contributed by atoms with Crippen LogP contribution in [-0.2, 0) is 11.0 Å². The SMILES string of the molecule is O=C1NC(=O)/C(=C/c2ccc(-c3cc(C(F)(F)F)ccc3Cl)o2)S1. The van der Waals surface area contributed by atoms with Crippen molar-refractivity contribution >= 4 is 40.6 Å². The Labute approximate surface area is 142 Å². The molecule has 0 saturated carbocycles. The van der Waals surface area contributed by atoms with Gasteiger partial charge < -0.3 is 4.42 Å². The lowest BCUT2D eigenvalue weighted by atomic mass is 10.1. The van der Waals surface area contributed by atoms with E-state index >= 15 is 0 Å². The van der Waals surface area contributed by atoms with Crippen LogP contribution in [0.15, 0.2) is 39.7 Å². The lowest BCUT2D eigenvalue weighted by molar-refractivity contribution is -0.137. The standard InChI is InChI=1S/C15H7ClF3NO3S/c16-10-3-1-7(15(17,18)19)5-9(10)11-4-2-8(23-11)6-12-13(21)20-14(22)24-12/h1-6H,(H,20,21,22)/b12-6-. The van der Waals surface area contributed by atoms with Crippen LogP contribution in [-0.4, -0.2) is 11.1 Å². The van der Waals surface area contributed by atoms with E-state index in [0.29, 0.717) is 11.8 Å². The molecule has 0 bridgehead atoms. The zero-order valence-electron chi connectivity index (χ0n) is 11.6. The average molecular weight is 374 g/mol. The molecule has 1 N–H and O–H groups in total. The predicted octanol–water partition coefficient (Wildman–Crippen LogP) is 4.94. The van der Waals surface area contributed by atoms with Gasteiger partial charge in [-0.2, -0.15) is 13.2 Å². The van der Waals surface area contributed by atoms with Crippen molar-refractivity contribution in [3.8, 4) is 11.3 Å². The van der Waals surface area contributed by atoms with Gasteiger partial charge in [-0.25, -0.2) is 0 Å². The second-order valence-electron chi connectivity index (χ2n) is 4.75. The largest absolute Gasteiger partial charge is 0.457 e. The summed E-state index contributed by atoms with van der Waals surface area (Å²) in [4.78, 5) is 22.7. The highest BCUT2D eigenvalue weighted by atomic mass is 35.5. The third-order valence-electron chi connectivity index (χ3n) is 3.10. The Hall–Kier alpha value is -2.19. The number of halogens is 4. The molecule has 0 aliphatic carbocycles. The van der Waals surface area contributed by atoms with Crippen LogP contribution in [0.1, 0.15) is 11.3 Å². The highest BCUT2D eigenvalue weighted by Gasteiger charge is 2.31. The maximum atomic E-state index is 12.8. The summed E-state index contributed by atoms with van der Waals surface area (Å²) >= 11 is 6.66. The van der Waals surface area contributed by atoms with Crippen LogP contribution in [0.2, 0.25) is 5.02 Å². The summed E-state index contributed by atoms with van der Waals surface area (Å²) in [5.74, 6) is -0.224. The Morgan fingerprint density at radius 1 is 1.17 bits per heavy atom. The first kappa shape index (κ1) is 16.7. The van der Waals surface area contributed by atoms with Crippen molar-refractivity contribution in [1.82, 2.24) is 5.32 Å². The molecule has 0 radical (unpaired) electrons. The first-order valence-electron chi connectivity index (χ1n) is 6.46. The number of thioether (sulfide) groups is 1. The van der Waals surface area contributed by atoms with E-state index in [9.17, 15) is 22.8 Å². The first-order valence-corrected chi connectivity index (χ1v) is 7.65. The molecule has 2 aromatic rings. The monoisotopic (exact) mass is 373 g/mol. The molecule has 1 saturated heterocycles. The van der Waals surface area contributed by atoms with Crippen molar-refractivity contribution in [1.29, 1.82) is 0 Å². The number of carbonyl (C=O) groups excluding carboxylic acids is 2. The fourth-order valence-corrected chi connectivity index (χ4v) is 2.89. The molecule has 1 aliphatic heterocycles. The van der Waals surface area contributed by atoms with Gasteiger partial charge in [-0.15, -0.1) is 0 Å². The highest BCUT2D eigenvalue weighted by molar-refractivity contribution is 8.18. The van der Waals surface area contributed by atoms with Gasteiger partial charge in [0.15, 0.2) is 0 Å². The zero-order chi connectivity index (χ0) is 17.5. The molecule has 1 aromatic heterocycles. The van der Waals surface area contributed by atoms with Crippen molar-refractivity contribution in [2.24, 2.45) is 0 Å². The van der Waals surface area contributed by atoms with E-state index in [2.05, 4.69) is 5.32 Å². The molecule has 2 amide bonds. The molecule has 0 atom stereocenters. The van der Waals surface area contributed by atoms with E-state index in [1.807, 2.05) is 0 Å². The summed E-state index contributed by atoms with van der Waals surface area (Å²) in [6.07, 6.45) is -3.18. The predicted molar refractivity (Wildman–Crippen MR) is 83.3 cm³/mol. The number of hydrogen-bond acceptors (Lipinski definition) is 4. The molecule has 1 fully saturated rings. The molecule has 3 rings (SSSR count). The van der Waals surface area contributed by atoms with Gasteiger partial charge in [0.05, 0.1) is 15.5 Å². The maximum absolute atomic E-state index is 12.8. The van der Waals surface area contributed by atoms with Crippen molar-refractivity contribution in [3.05, 3.63) is 51.6 Å². The number of hydrogen-bond donors (Lipinski definition) is 1. The lowest BCUT2D eigenvalue weighted by Gasteiger charge is -2.09. The second-order valence-corrected chi connectivity index (χ2v) is 6.17. The molecular weight excluding hydrogens is 367 g/mol. The lowest BCUT2D eigenvalue weighted by Crippen LogP contribution is -2.17. The van der Waals surface area contributed by atoms with Gasteiger partial charge >= 0.3 is 6.18 Å². The molecule has 24 heavy (non-hydrogen) atoms. The van der Waals surface area contributed by atoms with Crippen LogP contribution >= 0.6 is 23.4 Å². The Kier molecular flexibility index (Phi) is 4.18. The quantitative estimate of drug-likeness (QED) is 0.757. The number of furan rings is 1. The molecular formula is C15H7ClF3NO3S. The smallest absolute Gasteiger partial charge is 0.416 e. The van der Waals surface area contributed by atoms with Crippen molar-refractivity contribution < 1.29 is 27.2 Å². The van der Waals surface area contributed by atoms with Crippen LogP contribution in [0, 0.1) is 0 Å². The van der Waals surface area contributed by atoms with Gasteiger partial charge in [-0.3, -0.25) is 14.9 Å². The molecule has 1 aromatic carbocycles. The van der Waals surface area contributed by atoms with Gasteiger partial charge in [0, 0.05) is 11.6 Å². The van der Waals surface area contributed by atoms with Gasteiger partial charge in [0.1, 0.15) is 11.5 Å². The molecule has 0 unspecified atom stereocenters. The van der Waals surface area contributed by atoms with E-state index in [1.165, 1.54) is 18.2 Å². The van der Waals surface area contributed by atoms with Crippen LogP contribution < -0.4 is 5.32 Å². The number of nitrogens with one attached hydrogen (secondary N) is 1. The number of rotatable bonds is 2. The first-order chi connectivity index (χ1) is 11.2. The summed E-state index contributed by atoms with van der Waals surface area (Å²) < 4.78 is 43.9. The molecule has 2 heterocycles. The van der Waals surface area contributed by atoms with E-state index in [1.54, 1.807) is 0 Å². The van der Waals surface area contributed by atoms with Crippen molar-refractivity contribution in [2.75, 3.05) is 0 Å². The Morgan fingerprint density at radius 3 is 2.54 bits per heavy atom. The molecule has 4 nitrogen and oxygen atoms in total. The number of amides is 2. The van der Waals surface area contributed by atoms with Gasteiger partial charge in [-0.1, -0.05) is 11.6 Å². The number of carbonyl (C=O) groups is 2. The van der Waals surface area contributed by atoms with E-state index < -0.39 is 22.9 Å². The minimum atomic E-state index is -4.50. The summed E-state index contributed by atoms with van der Waals surface area (Å²) in [7, 11) is 0. The minimum absolute atomic E-state index is 0.0794. The normalized spacial score (nSPS) is 16.8. The van der Waals surface area contributed by atoms with Crippen molar-refractivity contribution in [2.45, 2.75) is 6.18 Å². The molecule has 124 valence electrons. The number of alkyl halides is 3. The van der Waals surface area contributed by atoms with Gasteiger partial charge in [0.25, 0.3) is 11.1 Å². The van der Waals surface area contributed by atoms with Crippen LogP contribution in [0.3, 0.4) is 0 Å². The summed E-state index contributed by atoms with van der Waals surface area (Å²) in [6, 6.07) is 5.81. The van der Waals surface area contributed by atoms with Crippen LogP contribution in [0.25, 0.3) is 17.4 Å².